The zero-order valence-corrected chi connectivity index (χ0v) is 17.8. The summed E-state index contributed by atoms with van der Waals surface area (Å²) in [5.74, 6) is -2.42. The lowest BCUT2D eigenvalue weighted by atomic mass is 9.91. The van der Waals surface area contributed by atoms with Gasteiger partial charge in [0.1, 0.15) is 0 Å². The van der Waals surface area contributed by atoms with E-state index in [0.717, 1.165) is 19.3 Å². The second-order valence-electron chi connectivity index (χ2n) is 7.53. The van der Waals surface area contributed by atoms with E-state index < -0.39 is 11.9 Å². The fraction of sp³-hybridized carbons (Fsp3) is 0.714. The summed E-state index contributed by atoms with van der Waals surface area (Å²) in [4.78, 5) is 47.7. The van der Waals surface area contributed by atoms with E-state index in [1.54, 1.807) is 6.92 Å². The van der Waals surface area contributed by atoms with Crippen LogP contribution < -0.4 is 21.1 Å². The molecule has 0 aliphatic heterocycles. The predicted octanol–water partition coefficient (Wildman–Crippen LogP) is 0.418. The first-order valence-electron chi connectivity index (χ1n) is 10.6. The molecule has 0 fully saturated rings. The summed E-state index contributed by atoms with van der Waals surface area (Å²) < 4.78 is 0. The number of carbonyl (C=O) groups excluding carboxylic acids is 4. The molecule has 2 atom stereocenters. The van der Waals surface area contributed by atoms with Crippen LogP contribution in [-0.2, 0) is 19.2 Å². The summed E-state index contributed by atoms with van der Waals surface area (Å²) in [7, 11) is 0. The number of carboxylic acids is 1. The highest BCUT2D eigenvalue weighted by molar-refractivity contribution is 6.01. The van der Waals surface area contributed by atoms with Crippen LogP contribution in [0.3, 0.4) is 0 Å². The van der Waals surface area contributed by atoms with Gasteiger partial charge < -0.3 is 25.9 Å². The fourth-order valence-electron chi connectivity index (χ4n) is 3.41. The Morgan fingerprint density at radius 2 is 1.48 bits per heavy atom. The van der Waals surface area contributed by atoms with Crippen molar-refractivity contribution in [3.63, 3.8) is 0 Å². The van der Waals surface area contributed by atoms with Crippen LogP contribution in [0.15, 0.2) is 11.1 Å². The van der Waals surface area contributed by atoms with Gasteiger partial charge in [-0.1, -0.05) is 20.8 Å². The van der Waals surface area contributed by atoms with Gasteiger partial charge in [-0.25, -0.2) is 0 Å². The molecule has 0 aromatic heterocycles. The fourth-order valence-corrected chi connectivity index (χ4v) is 3.41. The minimum atomic E-state index is -1.29. The Labute approximate surface area is 172 Å². The Bertz CT molecular complexity index is 630. The van der Waals surface area contributed by atoms with Crippen molar-refractivity contribution >= 4 is 23.7 Å². The summed E-state index contributed by atoms with van der Waals surface area (Å²) in [6, 6.07) is 0. The molecule has 0 radical (unpaired) electrons. The van der Waals surface area contributed by atoms with E-state index in [-0.39, 0.29) is 47.9 Å². The summed E-state index contributed by atoms with van der Waals surface area (Å²) in [6.45, 7) is 6.77. The summed E-state index contributed by atoms with van der Waals surface area (Å²) in [5, 5.41) is 19.4. The van der Waals surface area contributed by atoms with Gasteiger partial charge in [0.15, 0.2) is 0 Å². The average molecular weight is 409 g/mol. The normalized spacial score (nSPS) is 16.0. The molecule has 0 bridgehead atoms. The first-order valence-corrected chi connectivity index (χ1v) is 10.6. The van der Waals surface area contributed by atoms with Crippen molar-refractivity contribution in [1.29, 1.82) is 0 Å². The second-order valence-corrected chi connectivity index (χ2v) is 7.53. The number of hydrogen-bond donors (Lipinski definition) is 3. The van der Waals surface area contributed by atoms with Crippen LogP contribution in [0.5, 0.6) is 0 Å². The molecule has 8 heteroatoms. The zero-order valence-electron chi connectivity index (χ0n) is 17.8. The maximum absolute atomic E-state index is 12.3. The smallest absolute Gasteiger partial charge is 0.247 e. The average Bonchev–Trinajstić information content (AvgIpc) is 2.72. The van der Waals surface area contributed by atoms with Gasteiger partial charge in [0.25, 0.3) is 0 Å². The van der Waals surface area contributed by atoms with Crippen molar-refractivity contribution in [3.8, 4) is 0 Å². The van der Waals surface area contributed by atoms with E-state index in [1.807, 2.05) is 13.8 Å². The number of rotatable bonds is 12. The van der Waals surface area contributed by atoms with Crippen LogP contribution >= 0.6 is 0 Å². The van der Waals surface area contributed by atoms with Gasteiger partial charge in [-0.2, -0.15) is 0 Å². The third-order valence-electron chi connectivity index (χ3n) is 5.20. The van der Waals surface area contributed by atoms with E-state index in [9.17, 15) is 24.3 Å². The first kappa shape index (κ1) is 24.7. The molecule has 0 heterocycles. The first-order chi connectivity index (χ1) is 13.8. The third-order valence-corrected chi connectivity index (χ3v) is 5.20. The Morgan fingerprint density at radius 1 is 0.897 bits per heavy atom. The van der Waals surface area contributed by atoms with E-state index in [4.69, 9.17) is 0 Å². The Kier molecular flexibility index (Phi) is 11.0. The molecule has 1 rings (SSSR count). The second kappa shape index (κ2) is 13.0. The molecule has 3 amide bonds. The number of aliphatic carboxylic acids is 1. The monoisotopic (exact) mass is 408 g/mol. The Balaban J connectivity index is 2.41. The Morgan fingerprint density at radius 3 is 2.07 bits per heavy atom. The predicted molar refractivity (Wildman–Crippen MR) is 107 cm³/mol. The molecule has 0 spiro atoms. The number of amides is 3. The SMILES string of the molecule is CCCNC(=O)C(CC)CC(C)C(=O)NCCNC(=O)C1=C(C(=O)[O-])CCCC1. The van der Waals surface area contributed by atoms with Crippen molar-refractivity contribution in [2.75, 3.05) is 19.6 Å². The molecule has 1 aliphatic carbocycles. The Hall–Kier alpha value is -2.38. The number of hydrogen-bond acceptors (Lipinski definition) is 5. The quantitative estimate of drug-likeness (QED) is 0.403. The van der Waals surface area contributed by atoms with E-state index >= 15 is 0 Å². The zero-order chi connectivity index (χ0) is 21.8. The van der Waals surface area contributed by atoms with Crippen molar-refractivity contribution in [2.24, 2.45) is 11.8 Å². The van der Waals surface area contributed by atoms with Crippen LogP contribution in [0.1, 0.15) is 65.7 Å². The lowest BCUT2D eigenvalue weighted by molar-refractivity contribution is -0.299. The van der Waals surface area contributed by atoms with Crippen LogP contribution in [0.4, 0.5) is 0 Å². The topological polar surface area (TPSA) is 127 Å². The van der Waals surface area contributed by atoms with Crippen LogP contribution in [0, 0.1) is 11.8 Å². The maximum Gasteiger partial charge on any atom is 0.247 e. The van der Waals surface area contributed by atoms with Gasteiger partial charge in [0.2, 0.25) is 17.7 Å². The maximum atomic E-state index is 12.3. The molecule has 8 nitrogen and oxygen atoms in total. The van der Waals surface area contributed by atoms with E-state index in [1.165, 1.54) is 0 Å². The highest BCUT2D eigenvalue weighted by Gasteiger charge is 2.23. The van der Waals surface area contributed by atoms with Crippen molar-refractivity contribution in [1.82, 2.24) is 16.0 Å². The van der Waals surface area contributed by atoms with Crippen LogP contribution in [-0.4, -0.2) is 43.3 Å². The van der Waals surface area contributed by atoms with Gasteiger partial charge in [0, 0.05) is 37.0 Å². The van der Waals surface area contributed by atoms with Crippen molar-refractivity contribution in [3.05, 3.63) is 11.1 Å². The molecule has 0 saturated carbocycles. The molecule has 0 aromatic rings. The summed E-state index contributed by atoms with van der Waals surface area (Å²) >= 11 is 0. The summed E-state index contributed by atoms with van der Waals surface area (Å²) in [5.41, 5.74) is 0.359. The highest BCUT2D eigenvalue weighted by Crippen LogP contribution is 2.24. The van der Waals surface area contributed by atoms with Crippen LogP contribution in [0.2, 0.25) is 0 Å². The lowest BCUT2D eigenvalue weighted by Gasteiger charge is -2.21. The summed E-state index contributed by atoms with van der Waals surface area (Å²) in [6.07, 6.45) is 4.29. The third kappa shape index (κ3) is 8.25. The minimum absolute atomic E-state index is 0.0225. The molecule has 1 aliphatic rings. The number of nitrogens with one attached hydrogen (secondary N) is 3. The largest absolute Gasteiger partial charge is 0.545 e. The molecular formula is C21H34N3O5-. The standard InChI is InChI=1S/C21H35N3O5/c1-4-10-22-19(26)15(5-2)13-14(3)18(25)23-11-12-24-20(27)16-8-6-7-9-17(16)21(28)29/h14-15H,4-13H2,1-3H3,(H,22,26)(H,23,25)(H,24,27)(H,28,29)/p-1. The van der Waals surface area contributed by atoms with Gasteiger partial charge in [-0.05, 0) is 50.5 Å². The van der Waals surface area contributed by atoms with Gasteiger partial charge >= 0.3 is 0 Å². The van der Waals surface area contributed by atoms with Gasteiger partial charge in [0.05, 0.1) is 5.97 Å². The molecule has 29 heavy (non-hydrogen) atoms. The van der Waals surface area contributed by atoms with Crippen LogP contribution in [0.25, 0.3) is 0 Å². The van der Waals surface area contributed by atoms with E-state index in [0.29, 0.717) is 32.2 Å². The molecule has 3 N–H and O–H groups in total. The molecule has 0 saturated heterocycles. The number of carbonyl (C=O) groups is 4. The molecule has 164 valence electrons. The molecule has 0 aromatic carbocycles. The van der Waals surface area contributed by atoms with Crippen molar-refractivity contribution in [2.45, 2.75) is 65.7 Å². The molecule has 2 unspecified atom stereocenters. The van der Waals surface area contributed by atoms with Crippen molar-refractivity contribution < 1.29 is 24.3 Å². The number of carboxylic acid groups (broad SMARTS) is 1. The van der Waals surface area contributed by atoms with Gasteiger partial charge in [-0.3, -0.25) is 14.4 Å². The van der Waals surface area contributed by atoms with E-state index in [2.05, 4.69) is 16.0 Å². The van der Waals surface area contributed by atoms with Gasteiger partial charge in [-0.15, -0.1) is 0 Å². The molecular weight excluding hydrogens is 374 g/mol. The minimum Gasteiger partial charge on any atom is -0.545 e. The lowest BCUT2D eigenvalue weighted by Crippen LogP contribution is -2.39. The highest BCUT2D eigenvalue weighted by atomic mass is 16.4.